The van der Waals surface area contributed by atoms with Gasteiger partial charge < -0.3 is 26.0 Å². The number of hydrogen-bond acceptors (Lipinski definition) is 5. The van der Waals surface area contributed by atoms with Gasteiger partial charge in [-0.1, -0.05) is 41.4 Å². The van der Waals surface area contributed by atoms with Gasteiger partial charge in [-0.25, -0.2) is 0 Å². The number of nitrogens with one attached hydrogen (secondary N) is 2. The first-order chi connectivity index (χ1) is 12.8. The molecule has 0 aromatic heterocycles. The number of benzene rings is 2. The molecule has 8 heteroatoms. The smallest absolute Gasteiger partial charge is 0.322 e. The van der Waals surface area contributed by atoms with E-state index < -0.39 is 12.1 Å². The SMILES string of the molecule is C[C@H](NCCc1ccc(NCC(=O)O)c(Cl)c1Cl)[C@@H](O)c1ccc(O)cc1. The quantitative estimate of drug-likeness (QED) is 0.432. The number of hydrogen-bond donors (Lipinski definition) is 5. The lowest BCUT2D eigenvalue weighted by atomic mass is 10.0. The highest BCUT2D eigenvalue weighted by Crippen LogP contribution is 2.33. The molecule has 5 N–H and O–H groups in total. The zero-order chi connectivity index (χ0) is 20.0. The van der Waals surface area contributed by atoms with Gasteiger partial charge in [-0.15, -0.1) is 0 Å². The molecule has 0 fully saturated rings. The van der Waals surface area contributed by atoms with E-state index in [1.807, 2.05) is 6.92 Å². The summed E-state index contributed by atoms with van der Waals surface area (Å²) in [7, 11) is 0. The molecular formula is C19H22Cl2N2O4. The van der Waals surface area contributed by atoms with Crippen molar-refractivity contribution in [3.05, 3.63) is 57.6 Å². The second-order valence-electron chi connectivity index (χ2n) is 6.18. The molecule has 0 unspecified atom stereocenters. The van der Waals surface area contributed by atoms with E-state index in [0.29, 0.717) is 29.2 Å². The van der Waals surface area contributed by atoms with Crippen LogP contribution >= 0.6 is 23.2 Å². The van der Waals surface area contributed by atoms with Gasteiger partial charge >= 0.3 is 5.97 Å². The topological polar surface area (TPSA) is 102 Å². The fraction of sp³-hybridized carbons (Fsp3) is 0.316. The maximum Gasteiger partial charge on any atom is 0.322 e. The van der Waals surface area contributed by atoms with E-state index in [1.165, 1.54) is 12.1 Å². The first-order valence-corrected chi connectivity index (χ1v) is 9.18. The molecule has 2 aromatic carbocycles. The van der Waals surface area contributed by atoms with Crippen molar-refractivity contribution in [2.24, 2.45) is 0 Å². The largest absolute Gasteiger partial charge is 0.508 e. The molecule has 0 bridgehead atoms. The zero-order valence-corrected chi connectivity index (χ0v) is 16.3. The van der Waals surface area contributed by atoms with Crippen LogP contribution in [0.3, 0.4) is 0 Å². The highest BCUT2D eigenvalue weighted by Gasteiger charge is 2.16. The predicted molar refractivity (Wildman–Crippen MR) is 107 cm³/mol. The number of phenolic OH excluding ortho intramolecular Hbond substituents is 1. The van der Waals surface area contributed by atoms with Crippen LogP contribution in [-0.2, 0) is 11.2 Å². The Bertz CT molecular complexity index is 784. The average molecular weight is 413 g/mol. The lowest BCUT2D eigenvalue weighted by Gasteiger charge is -2.21. The summed E-state index contributed by atoms with van der Waals surface area (Å²) in [4.78, 5) is 10.6. The second kappa shape index (κ2) is 9.80. The molecule has 27 heavy (non-hydrogen) atoms. The standard InChI is InChI=1S/C19H22Cl2N2O4/c1-11(19(27)13-2-5-14(24)6-3-13)22-9-8-12-4-7-15(18(21)17(12)20)23-10-16(25)26/h2-7,11,19,22-24,27H,8-10H2,1H3,(H,25,26)/t11-,19+/m0/s1. The van der Waals surface area contributed by atoms with Crippen molar-refractivity contribution in [3.8, 4) is 5.75 Å². The summed E-state index contributed by atoms with van der Waals surface area (Å²) in [5.74, 6) is -0.837. The number of carbonyl (C=O) groups is 1. The van der Waals surface area contributed by atoms with Crippen molar-refractivity contribution in [2.75, 3.05) is 18.4 Å². The lowest BCUT2D eigenvalue weighted by Crippen LogP contribution is -2.33. The number of aliphatic hydroxyl groups excluding tert-OH is 1. The Morgan fingerprint density at radius 3 is 2.41 bits per heavy atom. The number of aromatic hydroxyl groups is 1. The number of carboxylic acids is 1. The van der Waals surface area contributed by atoms with Gasteiger partial charge in [0.2, 0.25) is 0 Å². The summed E-state index contributed by atoms with van der Waals surface area (Å²) in [6, 6.07) is 9.71. The number of anilines is 1. The summed E-state index contributed by atoms with van der Waals surface area (Å²) >= 11 is 12.5. The van der Waals surface area contributed by atoms with Crippen LogP contribution in [0.1, 0.15) is 24.2 Å². The maximum absolute atomic E-state index is 10.6. The van der Waals surface area contributed by atoms with Gasteiger partial charge in [0.15, 0.2) is 0 Å². The first-order valence-electron chi connectivity index (χ1n) is 8.42. The summed E-state index contributed by atoms with van der Waals surface area (Å²) in [5.41, 5.74) is 2.00. The molecular weight excluding hydrogens is 391 g/mol. The molecule has 6 nitrogen and oxygen atoms in total. The van der Waals surface area contributed by atoms with Gasteiger partial charge in [0.25, 0.3) is 0 Å². The van der Waals surface area contributed by atoms with Crippen LogP contribution in [0.5, 0.6) is 5.75 Å². The van der Waals surface area contributed by atoms with E-state index in [9.17, 15) is 15.0 Å². The average Bonchev–Trinajstić information content (AvgIpc) is 2.64. The van der Waals surface area contributed by atoms with Crippen molar-refractivity contribution in [2.45, 2.75) is 25.5 Å². The number of carboxylic acid groups (broad SMARTS) is 1. The number of phenols is 1. The third-order valence-corrected chi connectivity index (χ3v) is 5.08. The molecule has 0 saturated heterocycles. The number of halogens is 2. The van der Waals surface area contributed by atoms with E-state index in [2.05, 4.69) is 10.6 Å². The summed E-state index contributed by atoms with van der Waals surface area (Å²) in [6.45, 7) is 2.18. The fourth-order valence-electron chi connectivity index (χ4n) is 2.60. The Labute approximate surface area is 167 Å². The minimum atomic E-state index is -0.989. The Morgan fingerprint density at radius 1 is 1.11 bits per heavy atom. The summed E-state index contributed by atoms with van der Waals surface area (Å²) in [6.07, 6.45) is -0.128. The predicted octanol–water partition coefficient (Wildman–Crippen LogP) is 3.45. The molecule has 0 radical (unpaired) electrons. The monoisotopic (exact) mass is 412 g/mol. The molecule has 0 spiro atoms. The third kappa shape index (κ3) is 6.01. The normalized spacial score (nSPS) is 13.2. The van der Waals surface area contributed by atoms with Gasteiger partial charge in [-0.05, 0) is 49.2 Å². The molecule has 146 valence electrons. The van der Waals surface area contributed by atoms with Gasteiger partial charge in [-0.2, -0.15) is 0 Å². The molecule has 2 aromatic rings. The Balaban J connectivity index is 1.91. The summed E-state index contributed by atoms with van der Waals surface area (Å²) < 4.78 is 0. The van der Waals surface area contributed by atoms with Crippen LogP contribution in [0, 0.1) is 0 Å². The molecule has 2 rings (SSSR count). The molecule has 2 atom stereocenters. The van der Waals surface area contributed by atoms with Crippen molar-refractivity contribution in [1.82, 2.24) is 5.32 Å². The molecule has 0 aliphatic carbocycles. The van der Waals surface area contributed by atoms with Crippen LogP contribution in [0.4, 0.5) is 5.69 Å². The van der Waals surface area contributed by atoms with E-state index in [1.54, 1.807) is 24.3 Å². The highest BCUT2D eigenvalue weighted by atomic mass is 35.5. The highest BCUT2D eigenvalue weighted by molar-refractivity contribution is 6.44. The Hall–Kier alpha value is -1.99. The van der Waals surface area contributed by atoms with Crippen molar-refractivity contribution in [3.63, 3.8) is 0 Å². The van der Waals surface area contributed by atoms with Crippen molar-refractivity contribution in [1.29, 1.82) is 0 Å². The molecule has 0 aliphatic rings. The maximum atomic E-state index is 10.6. The van der Waals surface area contributed by atoms with E-state index >= 15 is 0 Å². The number of rotatable bonds is 9. The van der Waals surface area contributed by atoms with Crippen LogP contribution in [0.2, 0.25) is 10.0 Å². The van der Waals surface area contributed by atoms with Crippen LogP contribution in [0.15, 0.2) is 36.4 Å². The lowest BCUT2D eigenvalue weighted by molar-refractivity contribution is -0.134. The van der Waals surface area contributed by atoms with E-state index in [-0.39, 0.29) is 23.4 Å². The minimum absolute atomic E-state index is 0.152. The molecule has 0 heterocycles. The van der Waals surface area contributed by atoms with Crippen LogP contribution in [0.25, 0.3) is 0 Å². The number of aliphatic carboxylic acids is 1. The van der Waals surface area contributed by atoms with E-state index in [0.717, 1.165) is 5.56 Å². The van der Waals surface area contributed by atoms with Gasteiger partial charge in [0.05, 0.1) is 21.8 Å². The van der Waals surface area contributed by atoms with Gasteiger partial charge in [0, 0.05) is 6.04 Å². The van der Waals surface area contributed by atoms with Crippen LogP contribution in [-0.4, -0.2) is 40.4 Å². The Morgan fingerprint density at radius 2 is 1.78 bits per heavy atom. The third-order valence-electron chi connectivity index (χ3n) is 4.16. The van der Waals surface area contributed by atoms with Gasteiger partial charge in [-0.3, -0.25) is 4.79 Å². The van der Waals surface area contributed by atoms with Gasteiger partial charge in [0.1, 0.15) is 12.3 Å². The number of aliphatic hydroxyl groups is 1. The molecule has 0 amide bonds. The van der Waals surface area contributed by atoms with Crippen molar-refractivity contribution >= 4 is 34.9 Å². The molecule has 0 saturated carbocycles. The first kappa shape index (κ1) is 21.3. The minimum Gasteiger partial charge on any atom is -0.508 e. The molecule has 0 aliphatic heterocycles. The van der Waals surface area contributed by atoms with Crippen LogP contribution < -0.4 is 10.6 Å². The summed E-state index contributed by atoms with van der Waals surface area (Å²) in [5, 5.41) is 35.0. The fourth-order valence-corrected chi connectivity index (χ4v) is 3.11. The van der Waals surface area contributed by atoms with E-state index in [4.69, 9.17) is 28.3 Å². The zero-order valence-electron chi connectivity index (χ0n) is 14.7. The Kier molecular flexibility index (Phi) is 7.74. The second-order valence-corrected chi connectivity index (χ2v) is 6.93. The van der Waals surface area contributed by atoms with Crippen molar-refractivity contribution < 1.29 is 20.1 Å².